The zero-order valence-corrected chi connectivity index (χ0v) is 5.01. The maximum absolute atomic E-state index is 9.73. The molecule has 0 aromatic rings. The Morgan fingerprint density at radius 2 is 2.12 bits per heavy atom. The lowest BCUT2D eigenvalue weighted by Gasteiger charge is -1.71. The number of aliphatic carboxylic acids is 1. The molecule has 0 saturated carbocycles. The fourth-order valence-corrected chi connectivity index (χ4v) is 0.287. The molecule has 0 unspecified atom stereocenters. The van der Waals surface area contributed by atoms with Crippen LogP contribution in [0.3, 0.4) is 0 Å². The number of hydrogen-bond acceptors (Lipinski definition) is 2. The Bertz CT molecular complexity index is 126. The predicted octanol–water partition coefficient (Wildman–Crippen LogP) is 1.07. The first-order valence-electron chi connectivity index (χ1n) is 1.97. The Balaban J connectivity index is 3.50. The molecule has 0 rings (SSSR count). The van der Waals surface area contributed by atoms with Gasteiger partial charge in [0.25, 0.3) is 0 Å². The molecule has 0 bridgehead atoms. The molecule has 0 fully saturated rings. The third kappa shape index (κ3) is 5.30. The van der Waals surface area contributed by atoms with E-state index in [9.17, 15) is 4.79 Å². The summed E-state index contributed by atoms with van der Waals surface area (Å²) >= 11 is 3.70. The summed E-state index contributed by atoms with van der Waals surface area (Å²) in [5.74, 6) is -0.948. The van der Waals surface area contributed by atoms with Gasteiger partial charge in [-0.05, 0) is 5.41 Å². The molecule has 0 aliphatic carbocycles. The SMILES string of the molecule is O=C(O)/C=C/C=C/S. The van der Waals surface area contributed by atoms with E-state index >= 15 is 0 Å². The molecular weight excluding hydrogens is 124 g/mol. The van der Waals surface area contributed by atoms with E-state index < -0.39 is 5.97 Å². The van der Waals surface area contributed by atoms with Gasteiger partial charge in [-0.3, -0.25) is 0 Å². The molecule has 0 aromatic carbocycles. The van der Waals surface area contributed by atoms with Gasteiger partial charge in [0.05, 0.1) is 0 Å². The minimum atomic E-state index is -0.948. The first-order chi connectivity index (χ1) is 3.77. The van der Waals surface area contributed by atoms with E-state index in [1.54, 1.807) is 0 Å². The van der Waals surface area contributed by atoms with Crippen molar-refractivity contribution >= 4 is 18.6 Å². The van der Waals surface area contributed by atoms with Crippen molar-refractivity contribution in [2.24, 2.45) is 0 Å². The monoisotopic (exact) mass is 130 g/mol. The summed E-state index contributed by atoms with van der Waals surface area (Å²) in [7, 11) is 0. The van der Waals surface area contributed by atoms with E-state index in [1.165, 1.54) is 17.6 Å². The Kier molecular flexibility index (Phi) is 4.07. The van der Waals surface area contributed by atoms with Crippen molar-refractivity contribution in [2.75, 3.05) is 0 Å². The summed E-state index contributed by atoms with van der Waals surface area (Å²) in [6, 6.07) is 0. The standard InChI is InChI=1S/C5H6O2S/c6-5(7)3-1-2-4-8/h1-4,8H,(H,6,7)/b3-1+,4-2+. The van der Waals surface area contributed by atoms with Crippen LogP contribution in [0.2, 0.25) is 0 Å². The number of hydrogen-bond donors (Lipinski definition) is 2. The van der Waals surface area contributed by atoms with E-state index in [1.807, 2.05) is 0 Å². The molecule has 0 aromatic heterocycles. The number of carboxylic acid groups (broad SMARTS) is 1. The van der Waals surface area contributed by atoms with Crippen molar-refractivity contribution in [3.8, 4) is 0 Å². The van der Waals surface area contributed by atoms with Gasteiger partial charge in [0.15, 0.2) is 0 Å². The fraction of sp³-hybridized carbons (Fsp3) is 0. The molecule has 0 saturated heterocycles. The highest BCUT2D eigenvalue weighted by Gasteiger charge is 1.78. The highest BCUT2D eigenvalue weighted by molar-refractivity contribution is 7.83. The van der Waals surface area contributed by atoms with Gasteiger partial charge in [0.2, 0.25) is 0 Å². The normalized spacial score (nSPS) is 11.1. The summed E-state index contributed by atoms with van der Waals surface area (Å²) in [6.07, 6.45) is 3.96. The highest BCUT2D eigenvalue weighted by Crippen LogP contribution is 1.79. The molecule has 44 valence electrons. The van der Waals surface area contributed by atoms with Gasteiger partial charge in [-0.15, -0.1) is 0 Å². The van der Waals surface area contributed by atoms with Crippen molar-refractivity contribution in [3.05, 3.63) is 23.6 Å². The van der Waals surface area contributed by atoms with Crippen LogP contribution >= 0.6 is 12.6 Å². The van der Waals surface area contributed by atoms with Gasteiger partial charge in [0, 0.05) is 6.08 Å². The van der Waals surface area contributed by atoms with E-state index in [0.29, 0.717) is 0 Å². The zero-order chi connectivity index (χ0) is 6.41. The van der Waals surface area contributed by atoms with Gasteiger partial charge in [-0.1, -0.05) is 12.2 Å². The summed E-state index contributed by atoms with van der Waals surface area (Å²) in [6.45, 7) is 0. The number of allylic oxidation sites excluding steroid dienone is 2. The third-order valence-electron chi connectivity index (χ3n) is 0.436. The molecule has 0 aliphatic rings. The lowest BCUT2D eigenvalue weighted by molar-refractivity contribution is -0.131. The molecule has 0 atom stereocenters. The molecular formula is C5H6O2S. The van der Waals surface area contributed by atoms with Crippen LogP contribution in [0.15, 0.2) is 23.6 Å². The fourth-order valence-electron chi connectivity index (χ4n) is 0.188. The molecule has 3 heteroatoms. The Morgan fingerprint density at radius 3 is 2.50 bits per heavy atom. The van der Waals surface area contributed by atoms with Crippen LogP contribution in [0.5, 0.6) is 0 Å². The van der Waals surface area contributed by atoms with Crippen LogP contribution < -0.4 is 0 Å². The molecule has 0 radical (unpaired) electrons. The molecule has 0 heterocycles. The van der Waals surface area contributed by atoms with Crippen LogP contribution in [0.4, 0.5) is 0 Å². The molecule has 0 aliphatic heterocycles. The first kappa shape index (κ1) is 7.30. The average Bonchev–Trinajstić information content (AvgIpc) is 1.66. The van der Waals surface area contributed by atoms with Crippen molar-refractivity contribution in [1.29, 1.82) is 0 Å². The summed E-state index contributed by atoms with van der Waals surface area (Å²) in [4.78, 5) is 9.73. The second-order valence-corrected chi connectivity index (χ2v) is 1.34. The largest absolute Gasteiger partial charge is 0.478 e. The average molecular weight is 130 g/mol. The Labute approximate surface area is 52.9 Å². The van der Waals surface area contributed by atoms with Crippen molar-refractivity contribution in [1.82, 2.24) is 0 Å². The van der Waals surface area contributed by atoms with Crippen LogP contribution in [-0.2, 0) is 4.79 Å². The van der Waals surface area contributed by atoms with Gasteiger partial charge in [-0.2, -0.15) is 12.6 Å². The molecule has 0 amide bonds. The number of carboxylic acids is 1. The summed E-state index contributed by atoms with van der Waals surface area (Å²) in [5, 5.41) is 9.45. The predicted molar refractivity (Wildman–Crippen MR) is 34.9 cm³/mol. The summed E-state index contributed by atoms with van der Waals surface area (Å²) in [5.41, 5.74) is 0. The van der Waals surface area contributed by atoms with Gasteiger partial charge < -0.3 is 5.11 Å². The Morgan fingerprint density at radius 1 is 1.50 bits per heavy atom. The number of rotatable bonds is 2. The van der Waals surface area contributed by atoms with Crippen LogP contribution in [0.25, 0.3) is 0 Å². The van der Waals surface area contributed by atoms with Crippen LogP contribution in [0, 0.1) is 0 Å². The number of carbonyl (C=O) groups is 1. The lowest BCUT2D eigenvalue weighted by Crippen LogP contribution is -1.83. The van der Waals surface area contributed by atoms with Crippen molar-refractivity contribution < 1.29 is 9.90 Å². The topological polar surface area (TPSA) is 37.3 Å². The molecule has 1 N–H and O–H groups in total. The van der Waals surface area contributed by atoms with E-state index in [0.717, 1.165) is 6.08 Å². The summed E-state index contributed by atoms with van der Waals surface area (Å²) < 4.78 is 0. The zero-order valence-electron chi connectivity index (χ0n) is 4.11. The highest BCUT2D eigenvalue weighted by atomic mass is 32.1. The maximum atomic E-state index is 9.73. The lowest BCUT2D eigenvalue weighted by atomic mass is 10.5. The van der Waals surface area contributed by atoms with E-state index in [2.05, 4.69) is 12.6 Å². The van der Waals surface area contributed by atoms with Gasteiger partial charge in [-0.25, -0.2) is 4.79 Å². The van der Waals surface area contributed by atoms with Crippen molar-refractivity contribution in [2.45, 2.75) is 0 Å². The van der Waals surface area contributed by atoms with Crippen molar-refractivity contribution in [3.63, 3.8) is 0 Å². The minimum Gasteiger partial charge on any atom is -0.478 e. The van der Waals surface area contributed by atoms with Crippen LogP contribution in [0.1, 0.15) is 0 Å². The Hall–Kier alpha value is -0.700. The van der Waals surface area contributed by atoms with E-state index in [-0.39, 0.29) is 0 Å². The minimum absolute atomic E-state index is 0.948. The molecule has 8 heavy (non-hydrogen) atoms. The van der Waals surface area contributed by atoms with Gasteiger partial charge >= 0.3 is 5.97 Å². The number of thiol groups is 1. The maximum Gasteiger partial charge on any atom is 0.328 e. The van der Waals surface area contributed by atoms with E-state index in [4.69, 9.17) is 5.11 Å². The molecule has 2 nitrogen and oxygen atoms in total. The quantitative estimate of drug-likeness (QED) is 0.333. The smallest absolute Gasteiger partial charge is 0.328 e. The second kappa shape index (κ2) is 4.46. The van der Waals surface area contributed by atoms with Gasteiger partial charge in [0.1, 0.15) is 0 Å². The molecule has 0 spiro atoms. The van der Waals surface area contributed by atoms with Crippen LogP contribution in [-0.4, -0.2) is 11.1 Å². The first-order valence-corrected chi connectivity index (χ1v) is 2.49. The second-order valence-electron chi connectivity index (χ2n) is 1.04. The third-order valence-corrected chi connectivity index (χ3v) is 0.608.